The Bertz CT molecular complexity index is 480. The lowest BCUT2D eigenvalue weighted by Crippen LogP contribution is -2.44. The van der Waals surface area contributed by atoms with Crippen LogP contribution < -0.4 is 10.2 Å². The molecule has 7 nitrogen and oxygen atoms in total. The van der Waals surface area contributed by atoms with E-state index < -0.39 is 0 Å². The molecule has 7 heteroatoms. The monoisotopic (exact) mass is 265 g/mol. The summed E-state index contributed by atoms with van der Waals surface area (Å²) in [4.78, 5) is 16.8. The molecule has 2 fully saturated rings. The van der Waals surface area contributed by atoms with Crippen molar-refractivity contribution in [2.75, 3.05) is 18.0 Å². The average Bonchev–Trinajstić information content (AvgIpc) is 3.06. The second kappa shape index (κ2) is 4.80. The first-order valence-electron chi connectivity index (χ1n) is 6.84. The van der Waals surface area contributed by atoms with Gasteiger partial charge in [0, 0.05) is 25.7 Å². The number of imidazole rings is 1. The normalized spacial score (nSPS) is 27.1. The molecule has 0 amide bonds. The van der Waals surface area contributed by atoms with Gasteiger partial charge in [-0.1, -0.05) is 0 Å². The lowest BCUT2D eigenvalue weighted by molar-refractivity contribution is -0.388. The third kappa shape index (κ3) is 2.07. The Balaban J connectivity index is 1.91. The molecule has 0 spiro atoms. The van der Waals surface area contributed by atoms with E-state index in [0.717, 1.165) is 32.4 Å². The summed E-state index contributed by atoms with van der Waals surface area (Å²) in [6.45, 7) is 1.94. The molecule has 2 saturated heterocycles. The highest BCUT2D eigenvalue weighted by molar-refractivity contribution is 5.56. The Kier molecular flexibility index (Phi) is 3.14. The molecule has 3 heterocycles. The molecule has 0 aromatic carbocycles. The fourth-order valence-electron chi connectivity index (χ4n) is 3.39. The molecule has 2 aliphatic heterocycles. The molecule has 104 valence electrons. The molecule has 2 atom stereocenters. The van der Waals surface area contributed by atoms with Gasteiger partial charge in [0.15, 0.2) is 0 Å². The standard InChI is InChI=1S/C12H19N5O2/c1-15-8-14-11(17(18)19)12(15)16-7-3-5-10(16)9-4-2-6-13-9/h8-10,13H,2-7H2,1H3. The first-order chi connectivity index (χ1) is 9.18. The van der Waals surface area contributed by atoms with Crippen molar-refractivity contribution in [3.05, 3.63) is 16.4 Å². The third-order valence-electron chi connectivity index (χ3n) is 4.19. The minimum Gasteiger partial charge on any atom is -0.358 e. The molecule has 0 saturated carbocycles. The van der Waals surface area contributed by atoms with Crippen molar-refractivity contribution in [1.29, 1.82) is 0 Å². The van der Waals surface area contributed by atoms with E-state index in [1.54, 1.807) is 4.57 Å². The van der Waals surface area contributed by atoms with Crippen LogP contribution in [0.5, 0.6) is 0 Å². The number of nitrogens with one attached hydrogen (secondary N) is 1. The van der Waals surface area contributed by atoms with Crippen molar-refractivity contribution in [3.63, 3.8) is 0 Å². The third-order valence-corrected chi connectivity index (χ3v) is 4.19. The minimum atomic E-state index is -0.382. The molecular weight excluding hydrogens is 246 g/mol. The maximum atomic E-state index is 11.1. The maximum absolute atomic E-state index is 11.1. The van der Waals surface area contributed by atoms with Gasteiger partial charge in [0.05, 0.1) is 0 Å². The predicted octanol–water partition coefficient (Wildman–Crippen LogP) is 1.05. The van der Waals surface area contributed by atoms with Crippen molar-refractivity contribution < 1.29 is 4.92 Å². The summed E-state index contributed by atoms with van der Waals surface area (Å²) in [6.07, 6.45) is 6.07. The highest BCUT2D eigenvalue weighted by atomic mass is 16.6. The van der Waals surface area contributed by atoms with Crippen molar-refractivity contribution in [2.45, 2.75) is 37.8 Å². The number of hydrogen-bond donors (Lipinski definition) is 1. The van der Waals surface area contributed by atoms with E-state index in [2.05, 4.69) is 15.2 Å². The fraction of sp³-hybridized carbons (Fsp3) is 0.750. The molecule has 19 heavy (non-hydrogen) atoms. The quantitative estimate of drug-likeness (QED) is 0.653. The van der Waals surface area contributed by atoms with Gasteiger partial charge in [-0.3, -0.25) is 4.57 Å². The van der Waals surface area contributed by atoms with Crippen LogP contribution in [0.1, 0.15) is 25.7 Å². The first-order valence-corrected chi connectivity index (χ1v) is 6.84. The second-order valence-electron chi connectivity index (χ2n) is 5.37. The zero-order chi connectivity index (χ0) is 13.4. The molecule has 0 aliphatic carbocycles. The Morgan fingerprint density at radius 1 is 1.47 bits per heavy atom. The Hall–Kier alpha value is -1.63. The van der Waals surface area contributed by atoms with Crippen LogP contribution in [0.25, 0.3) is 0 Å². The summed E-state index contributed by atoms with van der Waals surface area (Å²) in [5, 5.41) is 14.6. The number of nitro groups is 1. The zero-order valence-corrected chi connectivity index (χ0v) is 11.1. The Morgan fingerprint density at radius 3 is 3.00 bits per heavy atom. The number of aromatic nitrogens is 2. The number of hydrogen-bond acceptors (Lipinski definition) is 5. The van der Waals surface area contributed by atoms with Crippen LogP contribution in [-0.2, 0) is 7.05 Å². The second-order valence-corrected chi connectivity index (χ2v) is 5.37. The Morgan fingerprint density at radius 2 is 2.32 bits per heavy atom. The first kappa shape index (κ1) is 12.4. The smallest absolute Gasteiger partial charge is 0.358 e. The molecule has 3 rings (SSSR count). The SMILES string of the molecule is Cn1cnc([N+](=O)[O-])c1N1CCCC1C1CCCN1. The van der Waals surface area contributed by atoms with E-state index in [4.69, 9.17) is 0 Å². The molecule has 2 unspecified atom stereocenters. The summed E-state index contributed by atoms with van der Waals surface area (Å²) >= 11 is 0. The van der Waals surface area contributed by atoms with Crippen molar-refractivity contribution in [3.8, 4) is 0 Å². The molecule has 2 aliphatic rings. The predicted molar refractivity (Wildman–Crippen MR) is 71.3 cm³/mol. The topological polar surface area (TPSA) is 76.2 Å². The molecule has 1 N–H and O–H groups in total. The summed E-state index contributed by atoms with van der Waals surface area (Å²) in [7, 11) is 1.83. The Labute approximate surface area is 111 Å². The van der Waals surface area contributed by atoms with Gasteiger partial charge in [0.25, 0.3) is 0 Å². The van der Waals surface area contributed by atoms with E-state index in [1.165, 1.54) is 12.7 Å². The summed E-state index contributed by atoms with van der Waals surface area (Å²) in [5.41, 5.74) is 0. The van der Waals surface area contributed by atoms with E-state index in [9.17, 15) is 10.1 Å². The van der Waals surface area contributed by atoms with Gasteiger partial charge in [-0.25, -0.2) is 0 Å². The van der Waals surface area contributed by atoms with Gasteiger partial charge in [-0.05, 0) is 42.1 Å². The minimum absolute atomic E-state index is 0.0209. The summed E-state index contributed by atoms with van der Waals surface area (Å²) in [5.74, 6) is 0.633. The van der Waals surface area contributed by atoms with Crippen LogP contribution in [0, 0.1) is 10.1 Å². The number of aryl methyl sites for hydroxylation is 1. The van der Waals surface area contributed by atoms with Crippen LogP contribution in [0.2, 0.25) is 0 Å². The van der Waals surface area contributed by atoms with Gasteiger partial charge in [0.2, 0.25) is 12.1 Å². The molecule has 1 aromatic heterocycles. The van der Waals surface area contributed by atoms with Gasteiger partial charge >= 0.3 is 5.82 Å². The van der Waals surface area contributed by atoms with Gasteiger partial charge in [-0.15, -0.1) is 0 Å². The fourth-order valence-corrected chi connectivity index (χ4v) is 3.39. The summed E-state index contributed by atoms with van der Waals surface area (Å²) in [6, 6.07) is 0.814. The average molecular weight is 265 g/mol. The van der Waals surface area contributed by atoms with E-state index in [1.807, 2.05) is 7.05 Å². The summed E-state index contributed by atoms with van der Waals surface area (Å²) < 4.78 is 1.77. The number of nitrogens with zero attached hydrogens (tertiary/aromatic N) is 4. The van der Waals surface area contributed by atoms with Crippen molar-refractivity contribution in [1.82, 2.24) is 14.9 Å². The number of rotatable bonds is 3. The van der Waals surface area contributed by atoms with Crippen molar-refractivity contribution >= 4 is 11.6 Å². The highest BCUT2D eigenvalue weighted by Crippen LogP contribution is 2.34. The molecule has 0 radical (unpaired) electrons. The van der Waals surface area contributed by atoms with Crippen LogP contribution >= 0.6 is 0 Å². The lowest BCUT2D eigenvalue weighted by Gasteiger charge is -2.30. The molecule has 1 aromatic rings. The zero-order valence-electron chi connectivity index (χ0n) is 11.1. The van der Waals surface area contributed by atoms with E-state index in [-0.39, 0.29) is 10.7 Å². The van der Waals surface area contributed by atoms with Crippen LogP contribution in [-0.4, -0.2) is 39.6 Å². The van der Waals surface area contributed by atoms with Crippen LogP contribution in [0.15, 0.2) is 6.33 Å². The van der Waals surface area contributed by atoms with Crippen molar-refractivity contribution in [2.24, 2.45) is 7.05 Å². The lowest BCUT2D eigenvalue weighted by atomic mass is 10.0. The van der Waals surface area contributed by atoms with Crippen LogP contribution in [0.3, 0.4) is 0 Å². The molecular formula is C12H19N5O2. The van der Waals surface area contributed by atoms with Crippen LogP contribution in [0.4, 0.5) is 11.6 Å². The largest absolute Gasteiger partial charge is 0.406 e. The molecule has 0 bridgehead atoms. The van der Waals surface area contributed by atoms with E-state index in [0.29, 0.717) is 17.9 Å². The highest BCUT2D eigenvalue weighted by Gasteiger charge is 2.38. The van der Waals surface area contributed by atoms with Gasteiger partial charge in [0.1, 0.15) is 0 Å². The van der Waals surface area contributed by atoms with E-state index >= 15 is 0 Å². The maximum Gasteiger partial charge on any atom is 0.406 e. The van der Waals surface area contributed by atoms with Gasteiger partial charge < -0.3 is 20.3 Å². The number of anilines is 1. The van der Waals surface area contributed by atoms with Gasteiger partial charge in [-0.2, -0.15) is 0 Å².